The summed E-state index contributed by atoms with van der Waals surface area (Å²) in [6, 6.07) is 0. The molecule has 0 saturated carbocycles. The van der Waals surface area contributed by atoms with Crippen molar-refractivity contribution in [2.45, 2.75) is 0 Å². The molecular formula is CH4Na3O7PS. The topological polar surface area (TPSA) is 141 Å². The quantitative estimate of drug-likeness (QED) is 0.259. The van der Waals surface area contributed by atoms with Crippen molar-refractivity contribution in [2.24, 2.45) is 0 Å². The Morgan fingerprint density at radius 1 is 1.08 bits per heavy atom. The molecule has 7 nitrogen and oxygen atoms in total. The summed E-state index contributed by atoms with van der Waals surface area (Å²) in [5.41, 5.74) is 0. The van der Waals surface area contributed by atoms with Gasteiger partial charge in [0.1, 0.15) is 0 Å². The predicted octanol–water partition coefficient (Wildman–Crippen LogP) is -12.3. The third-order valence-electron chi connectivity index (χ3n) is 0. The molecule has 0 atom stereocenters. The summed E-state index contributed by atoms with van der Waals surface area (Å²) >= 11 is 0. The van der Waals surface area contributed by atoms with Crippen molar-refractivity contribution in [3.8, 4) is 0 Å². The van der Waals surface area contributed by atoms with Crippen LogP contribution in [0, 0.1) is 0 Å². The van der Waals surface area contributed by atoms with Crippen molar-refractivity contribution >= 4 is 17.9 Å². The molecule has 0 heterocycles. The molecule has 0 aliphatic heterocycles. The maximum atomic E-state index is 9.19. The van der Waals surface area contributed by atoms with E-state index in [2.05, 4.69) is 0 Å². The fourth-order valence-electron chi connectivity index (χ4n) is 0. The Morgan fingerprint density at radius 2 is 1.08 bits per heavy atom. The summed E-state index contributed by atoms with van der Waals surface area (Å²) < 4.78 is 34.4. The number of hydrogen-bond donors (Lipinski definition) is 1. The summed E-state index contributed by atoms with van der Waals surface area (Å²) in [4.78, 5) is 25.6. The van der Waals surface area contributed by atoms with Crippen LogP contribution in [0.4, 0.5) is 0 Å². The first-order valence-electron chi connectivity index (χ1n) is 1.65. The first-order valence-corrected chi connectivity index (χ1v) is 4.96. The minimum atomic E-state index is -5.39. The van der Waals surface area contributed by atoms with E-state index < -0.39 is 17.9 Å². The zero-order chi connectivity index (χ0) is 9.00. The molecule has 1 N–H and O–H groups in total. The molecule has 0 aromatic rings. The van der Waals surface area contributed by atoms with E-state index in [1.807, 2.05) is 0 Å². The van der Waals surface area contributed by atoms with Crippen LogP contribution in [0.3, 0.4) is 0 Å². The second-order valence-electron chi connectivity index (χ2n) is 1.18. The molecule has 0 fully saturated rings. The second-order valence-corrected chi connectivity index (χ2v) is 3.54. The molecule has 0 amide bonds. The minimum absolute atomic E-state index is 0. The van der Waals surface area contributed by atoms with Crippen molar-refractivity contribution in [3.05, 3.63) is 0 Å². The van der Waals surface area contributed by atoms with Crippen LogP contribution < -0.4 is 103 Å². The first kappa shape index (κ1) is 29.8. The van der Waals surface area contributed by atoms with Gasteiger partial charge in [-0.05, 0) is 0 Å². The molecule has 0 radical (unpaired) electrons. The number of rotatable bonds is 0. The molecule has 12 heteroatoms. The maximum absolute atomic E-state index is 9.19. The van der Waals surface area contributed by atoms with E-state index in [1.54, 1.807) is 0 Å². The fraction of sp³-hybridized carbons (Fsp3) is 1.00. The Morgan fingerprint density at radius 3 is 1.08 bits per heavy atom. The molecule has 0 aromatic carbocycles. The maximum Gasteiger partial charge on any atom is 1.00 e. The van der Waals surface area contributed by atoms with Crippen LogP contribution in [-0.4, -0.2) is 19.2 Å². The number of phosphoric acid groups is 1. The van der Waals surface area contributed by atoms with Crippen LogP contribution in [0.5, 0.6) is 0 Å². The van der Waals surface area contributed by atoms with Gasteiger partial charge in [-0.2, -0.15) is 16.2 Å². The average Bonchev–Trinajstić information content (AvgIpc) is 1.12. The van der Waals surface area contributed by atoms with Gasteiger partial charge in [0.05, 0.1) is 6.26 Å². The van der Waals surface area contributed by atoms with Gasteiger partial charge in [-0.15, -0.1) is 0 Å². The normalized spacial score (nSPS) is 9.00. The molecule has 13 heavy (non-hydrogen) atoms. The van der Waals surface area contributed by atoms with Gasteiger partial charge >= 0.3 is 88.7 Å². The monoisotopic (exact) mass is 260 g/mol. The van der Waals surface area contributed by atoms with Gasteiger partial charge in [-0.1, -0.05) is 0 Å². The van der Waals surface area contributed by atoms with Crippen molar-refractivity contribution in [3.63, 3.8) is 0 Å². The van der Waals surface area contributed by atoms with E-state index in [-0.39, 0.29) is 88.7 Å². The Labute approximate surface area is 143 Å². The molecule has 0 aromatic heterocycles. The van der Waals surface area contributed by atoms with Crippen molar-refractivity contribution < 1.29 is 121 Å². The van der Waals surface area contributed by atoms with Crippen molar-refractivity contribution in [2.75, 3.05) is 6.26 Å². The largest absolute Gasteiger partial charge is 1.00 e. The van der Waals surface area contributed by atoms with E-state index in [0.717, 1.165) is 0 Å². The van der Waals surface area contributed by atoms with Gasteiger partial charge in [0.15, 0.2) is 0 Å². The SMILES string of the molecule is CS(=O)(=O)O.O=P([O-])([O-])[O-].[Na+].[Na+].[Na+]. The number of hydrogen-bond acceptors (Lipinski definition) is 6. The van der Waals surface area contributed by atoms with E-state index in [4.69, 9.17) is 23.8 Å². The van der Waals surface area contributed by atoms with E-state index >= 15 is 0 Å². The Bertz CT molecular complexity index is 202. The van der Waals surface area contributed by atoms with Crippen molar-refractivity contribution in [1.29, 1.82) is 0 Å². The van der Waals surface area contributed by atoms with E-state index in [0.29, 0.717) is 6.26 Å². The third-order valence-corrected chi connectivity index (χ3v) is 0. The van der Waals surface area contributed by atoms with Crippen LogP contribution >= 0.6 is 7.82 Å². The molecule has 0 aliphatic rings. The molecule has 0 unspecified atom stereocenters. The summed E-state index contributed by atoms with van der Waals surface area (Å²) in [5, 5.41) is 0. The van der Waals surface area contributed by atoms with Crippen LogP contribution in [-0.2, 0) is 14.7 Å². The minimum Gasteiger partial charge on any atom is -0.822 e. The summed E-state index contributed by atoms with van der Waals surface area (Å²) in [5.74, 6) is 0. The van der Waals surface area contributed by atoms with Crippen LogP contribution in [0.15, 0.2) is 0 Å². The molecule has 0 saturated heterocycles. The average molecular weight is 260 g/mol. The molecule has 0 spiro atoms. The summed E-state index contributed by atoms with van der Waals surface area (Å²) in [7, 11) is -9.06. The Balaban J connectivity index is -0.0000000267. The Kier molecular flexibility index (Phi) is 30.0. The van der Waals surface area contributed by atoms with Gasteiger partial charge in [0.25, 0.3) is 10.1 Å². The van der Waals surface area contributed by atoms with Gasteiger partial charge in [-0.3, -0.25) is 4.55 Å². The zero-order valence-electron chi connectivity index (χ0n) is 7.75. The van der Waals surface area contributed by atoms with Gasteiger partial charge in [-0.25, -0.2) is 0 Å². The predicted molar refractivity (Wildman–Crippen MR) is 25.1 cm³/mol. The van der Waals surface area contributed by atoms with E-state index in [1.165, 1.54) is 0 Å². The molecular weight excluding hydrogens is 256 g/mol. The van der Waals surface area contributed by atoms with Gasteiger partial charge in [0.2, 0.25) is 0 Å². The summed E-state index contributed by atoms with van der Waals surface area (Å²) in [6.07, 6.45) is 0.715. The zero-order valence-corrected chi connectivity index (χ0v) is 15.5. The standard InChI is InChI=1S/CH4O3S.3Na.H3O4P/c1-5(2,3)4;;;;1-5(2,3)4/h1H3,(H,2,3,4);;;;(H3,1,2,3,4)/q;3*+1;/p-3. The molecule has 0 aliphatic carbocycles. The first-order chi connectivity index (χ1) is 4.00. The van der Waals surface area contributed by atoms with Crippen molar-refractivity contribution in [1.82, 2.24) is 0 Å². The van der Waals surface area contributed by atoms with Gasteiger partial charge < -0.3 is 19.2 Å². The van der Waals surface area contributed by atoms with E-state index in [9.17, 15) is 8.42 Å². The fourth-order valence-corrected chi connectivity index (χ4v) is 0. The van der Waals surface area contributed by atoms with Crippen LogP contribution in [0.25, 0.3) is 0 Å². The third kappa shape index (κ3) is 279. The van der Waals surface area contributed by atoms with Crippen LogP contribution in [0.1, 0.15) is 0 Å². The molecule has 0 rings (SSSR count). The van der Waals surface area contributed by atoms with Gasteiger partial charge in [0, 0.05) is 0 Å². The second kappa shape index (κ2) is 13.1. The Hall–Kier alpha value is 3.02. The van der Waals surface area contributed by atoms with Crippen LogP contribution in [0.2, 0.25) is 0 Å². The smallest absolute Gasteiger partial charge is 0.822 e. The molecule has 0 bridgehead atoms. The molecule has 64 valence electrons. The summed E-state index contributed by atoms with van der Waals surface area (Å²) in [6.45, 7) is 0.